The lowest BCUT2D eigenvalue weighted by atomic mass is 10.1. The molecule has 3 heterocycles. The topological polar surface area (TPSA) is 87.8 Å². The van der Waals surface area contributed by atoms with Crippen LogP contribution in [0.2, 0.25) is 5.02 Å². The molecule has 0 aliphatic carbocycles. The number of nitrogens with zero attached hydrogens (tertiary/aromatic N) is 4. The van der Waals surface area contributed by atoms with Gasteiger partial charge in [0.25, 0.3) is 11.8 Å². The molecule has 1 N–H and O–H groups in total. The number of amides is 2. The summed E-state index contributed by atoms with van der Waals surface area (Å²) in [4.78, 5) is 43.5. The van der Waals surface area contributed by atoms with Crippen molar-refractivity contribution in [3.8, 4) is 0 Å². The van der Waals surface area contributed by atoms with E-state index in [-0.39, 0.29) is 55.4 Å². The summed E-state index contributed by atoms with van der Waals surface area (Å²) in [6.07, 6.45) is -0.892. The first kappa shape index (κ1) is 23.8. The predicted molar refractivity (Wildman–Crippen MR) is 134 cm³/mol. The van der Waals surface area contributed by atoms with E-state index in [0.29, 0.717) is 27.3 Å². The van der Waals surface area contributed by atoms with Crippen LogP contribution in [-0.2, 0) is 19.6 Å². The van der Waals surface area contributed by atoms with Crippen LogP contribution in [0.1, 0.15) is 45.1 Å². The van der Waals surface area contributed by atoms with Crippen LogP contribution in [0.15, 0.2) is 57.8 Å². The monoisotopic (exact) mass is 558 g/mol. The van der Waals surface area contributed by atoms with Gasteiger partial charge in [-0.15, -0.1) is 0 Å². The molecule has 1 aromatic heterocycles. The Kier molecular flexibility index (Phi) is 6.33. The summed E-state index contributed by atoms with van der Waals surface area (Å²) in [6.45, 7) is 2.73. The van der Waals surface area contributed by atoms with Gasteiger partial charge in [0.15, 0.2) is 0 Å². The van der Waals surface area contributed by atoms with Crippen molar-refractivity contribution in [2.45, 2.75) is 38.7 Å². The third-order valence-electron chi connectivity index (χ3n) is 6.73. The van der Waals surface area contributed by atoms with E-state index in [1.54, 1.807) is 32.6 Å². The second-order valence-corrected chi connectivity index (χ2v) is 10.2. The Morgan fingerprint density at radius 2 is 1.83 bits per heavy atom. The molecule has 35 heavy (non-hydrogen) atoms. The van der Waals surface area contributed by atoms with Gasteiger partial charge in [-0.1, -0.05) is 41.9 Å². The Labute approximate surface area is 215 Å². The molecule has 3 aromatic rings. The first-order valence-electron chi connectivity index (χ1n) is 11.4. The van der Waals surface area contributed by atoms with Gasteiger partial charge in [-0.3, -0.25) is 18.7 Å². The lowest BCUT2D eigenvalue weighted by Gasteiger charge is -2.31. The first-order valence-corrected chi connectivity index (χ1v) is 12.5. The number of aliphatic hydroxyl groups is 1. The normalized spacial score (nSPS) is 18.6. The maximum atomic E-state index is 13.8. The highest BCUT2D eigenvalue weighted by Crippen LogP contribution is 2.29. The van der Waals surface area contributed by atoms with Crippen LogP contribution in [0.25, 0.3) is 0 Å². The largest absolute Gasteiger partial charge is 0.389 e. The molecule has 0 saturated heterocycles. The van der Waals surface area contributed by atoms with Crippen LogP contribution in [0.5, 0.6) is 0 Å². The Balaban J connectivity index is 1.52. The second-order valence-electron chi connectivity index (χ2n) is 8.89. The van der Waals surface area contributed by atoms with Crippen molar-refractivity contribution in [2.75, 3.05) is 13.1 Å². The quantitative estimate of drug-likeness (QED) is 0.534. The minimum absolute atomic E-state index is 0.0220. The average Bonchev–Trinajstić information content (AvgIpc) is 3.05. The Morgan fingerprint density at radius 1 is 1.09 bits per heavy atom. The Hall–Kier alpha value is -2.88. The van der Waals surface area contributed by atoms with Crippen molar-refractivity contribution >= 4 is 39.3 Å². The lowest BCUT2D eigenvalue weighted by molar-refractivity contribution is 0.0545. The molecule has 2 aliphatic heterocycles. The maximum absolute atomic E-state index is 13.8. The van der Waals surface area contributed by atoms with E-state index < -0.39 is 6.10 Å². The van der Waals surface area contributed by atoms with Gasteiger partial charge in [0, 0.05) is 29.7 Å². The van der Waals surface area contributed by atoms with Gasteiger partial charge < -0.3 is 14.9 Å². The lowest BCUT2D eigenvalue weighted by Crippen LogP contribution is -2.42. The van der Waals surface area contributed by atoms with Crippen LogP contribution >= 0.6 is 27.5 Å². The molecule has 2 amide bonds. The number of imidazole rings is 1. The van der Waals surface area contributed by atoms with E-state index in [9.17, 15) is 19.5 Å². The summed E-state index contributed by atoms with van der Waals surface area (Å²) in [6, 6.07) is 14.3. The molecule has 0 spiro atoms. The van der Waals surface area contributed by atoms with E-state index in [2.05, 4.69) is 15.9 Å². The minimum Gasteiger partial charge on any atom is -0.389 e. The van der Waals surface area contributed by atoms with Gasteiger partial charge in [0.1, 0.15) is 5.69 Å². The van der Waals surface area contributed by atoms with Crippen molar-refractivity contribution in [1.29, 1.82) is 0 Å². The van der Waals surface area contributed by atoms with Gasteiger partial charge in [-0.25, -0.2) is 4.79 Å². The summed E-state index contributed by atoms with van der Waals surface area (Å²) in [5.74, 6) is -0.557. The van der Waals surface area contributed by atoms with Crippen molar-refractivity contribution in [3.63, 3.8) is 0 Å². The van der Waals surface area contributed by atoms with Crippen LogP contribution in [0.4, 0.5) is 0 Å². The van der Waals surface area contributed by atoms with Crippen molar-refractivity contribution < 1.29 is 14.7 Å². The van der Waals surface area contributed by atoms with E-state index in [1.165, 1.54) is 4.57 Å². The third kappa shape index (κ3) is 4.22. The highest BCUT2D eigenvalue weighted by molar-refractivity contribution is 9.10. The molecule has 2 aromatic carbocycles. The SMILES string of the molecule is C[C@@H](c1ccccc1)N1C[C@H](O)Cn2c(c3n(c2=O)CCN(C(=O)c2ccc(Br)c(Cl)c2)C3)C1=O. The average molecular weight is 560 g/mol. The highest BCUT2D eigenvalue weighted by atomic mass is 79.9. The van der Waals surface area contributed by atoms with Crippen LogP contribution in [0, 0.1) is 0 Å². The highest BCUT2D eigenvalue weighted by Gasteiger charge is 2.38. The third-order valence-corrected chi connectivity index (χ3v) is 7.96. The summed E-state index contributed by atoms with van der Waals surface area (Å²) in [5, 5.41) is 11.1. The maximum Gasteiger partial charge on any atom is 0.329 e. The zero-order chi connectivity index (χ0) is 24.9. The number of carbonyl (C=O) groups excluding carboxylic acids is 2. The van der Waals surface area contributed by atoms with Gasteiger partial charge in [0.2, 0.25) is 0 Å². The standard InChI is InChI=1S/C25H24BrClN4O4/c1-15(16-5-3-2-4-6-16)30-12-18(32)13-31-22(24(30)34)21-14-28(9-10-29(21)25(31)35)23(33)17-7-8-19(26)20(27)11-17/h2-8,11,15,18,32H,9-10,12-14H2,1H3/t15-,18-/m0/s1. The van der Waals surface area contributed by atoms with Gasteiger partial charge in [0.05, 0.1) is 36.0 Å². The zero-order valence-corrected chi connectivity index (χ0v) is 21.4. The molecule has 10 heteroatoms. The number of halogens is 2. The number of aromatic nitrogens is 2. The number of β-amino-alcohol motifs (C(OH)–C–C–N with tert-alkyl or cyclic N) is 1. The van der Waals surface area contributed by atoms with E-state index in [1.807, 2.05) is 37.3 Å². The molecule has 0 fully saturated rings. The number of benzene rings is 2. The number of rotatable bonds is 3. The fraction of sp³-hybridized carbons (Fsp3) is 0.320. The molecule has 8 nitrogen and oxygen atoms in total. The van der Waals surface area contributed by atoms with Gasteiger partial charge in [-0.05, 0) is 46.6 Å². The Morgan fingerprint density at radius 3 is 2.54 bits per heavy atom. The van der Waals surface area contributed by atoms with Gasteiger partial charge >= 0.3 is 5.69 Å². The van der Waals surface area contributed by atoms with Crippen LogP contribution in [0.3, 0.4) is 0 Å². The van der Waals surface area contributed by atoms with Crippen LogP contribution in [-0.4, -0.2) is 55.0 Å². The molecule has 2 atom stereocenters. The molecule has 5 rings (SSSR count). The number of aliphatic hydroxyl groups excluding tert-OH is 1. The van der Waals surface area contributed by atoms with Crippen molar-refractivity contribution in [2.24, 2.45) is 0 Å². The fourth-order valence-corrected chi connectivity index (χ4v) is 5.29. The second kappa shape index (κ2) is 9.29. The molecular weight excluding hydrogens is 536 g/mol. The number of hydrogen-bond donors (Lipinski definition) is 1. The molecule has 0 saturated carbocycles. The summed E-state index contributed by atoms with van der Waals surface area (Å²) >= 11 is 9.52. The zero-order valence-electron chi connectivity index (χ0n) is 19.0. The van der Waals surface area contributed by atoms with Crippen molar-refractivity contribution in [1.82, 2.24) is 18.9 Å². The number of hydrogen-bond acceptors (Lipinski definition) is 4. The molecule has 0 bridgehead atoms. The fourth-order valence-electron chi connectivity index (χ4n) is 4.87. The number of carbonyl (C=O) groups is 2. The molecular formula is C25H24BrClN4O4. The molecule has 0 radical (unpaired) electrons. The van der Waals surface area contributed by atoms with E-state index >= 15 is 0 Å². The van der Waals surface area contributed by atoms with E-state index in [0.717, 1.165) is 5.56 Å². The molecule has 182 valence electrons. The smallest absolute Gasteiger partial charge is 0.329 e. The summed E-state index contributed by atoms with van der Waals surface area (Å²) in [5.41, 5.74) is 1.75. The predicted octanol–water partition coefficient (Wildman–Crippen LogP) is 3.30. The summed E-state index contributed by atoms with van der Waals surface area (Å²) in [7, 11) is 0. The molecule has 2 aliphatic rings. The van der Waals surface area contributed by atoms with Crippen LogP contribution < -0.4 is 5.69 Å². The van der Waals surface area contributed by atoms with E-state index in [4.69, 9.17) is 11.6 Å². The molecule has 0 unspecified atom stereocenters. The number of fused-ring (bicyclic) bond motifs is 3. The van der Waals surface area contributed by atoms with Gasteiger partial charge in [-0.2, -0.15) is 0 Å². The Bertz CT molecular complexity index is 1370. The minimum atomic E-state index is -0.892. The first-order chi connectivity index (χ1) is 16.8. The summed E-state index contributed by atoms with van der Waals surface area (Å²) < 4.78 is 3.61. The van der Waals surface area contributed by atoms with Crippen molar-refractivity contribution in [3.05, 3.63) is 91.0 Å².